The maximum Gasteiger partial charge on any atom is 0.339 e. The molecule has 4 bridgehead atoms. The number of aromatic carboxylic acids is 1. The van der Waals surface area contributed by atoms with Gasteiger partial charge in [0.25, 0.3) is 0 Å². The number of hydrogen-bond acceptors (Lipinski definition) is 5. The van der Waals surface area contributed by atoms with Crippen LogP contribution >= 0.6 is 0 Å². The highest BCUT2D eigenvalue weighted by Gasteiger charge is 2.65. The first-order chi connectivity index (χ1) is 11.0. The maximum absolute atomic E-state index is 12.5. The standard InChI is InChI=1S/C17H18O6/c1-7-11-8(2)13-15(14(21-11)12(7)22-13)23-17(20)10-6-4-3-5-9(10)16(18)19/h3-8,11-15H,1-2H3,(H,18,19)/t7-,8+,11+,12+,13?,14?,15-/m0/s1. The van der Waals surface area contributed by atoms with E-state index in [0.717, 1.165) is 0 Å². The highest BCUT2D eigenvalue weighted by atomic mass is 16.6. The maximum atomic E-state index is 12.5. The number of hydrogen-bond donors (Lipinski definition) is 1. The zero-order valence-corrected chi connectivity index (χ0v) is 12.8. The van der Waals surface area contributed by atoms with Gasteiger partial charge in [-0.2, -0.15) is 0 Å². The minimum atomic E-state index is -1.15. The second kappa shape index (κ2) is 5.04. The van der Waals surface area contributed by atoms with Crippen LogP contribution in [-0.2, 0) is 14.2 Å². The Balaban J connectivity index is 1.58. The van der Waals surface area contributed by atoms with Crippen molar-refractivity contribution in [1.29, 1.82) is 0 Å². The molecular formula is C17H18O6. The Bertz CT molecular complexity index is 667. The Kier molecular flexibility index (Phi) is 3.21. The number of carbonyl (C=O) groups is 2. The smallest absolute Gasteiger partial charge is 0.339 e. The number of benzene rings is 1. The summed E-state index contributed by atoms with van der Waals surface area (Å²) >= 11 is 0. The van der Waals surface area contributed by atoms with E-state index in [9.17, 15) is 14.7 Å². The minimum absolute atomic E-state index is 0.0475. The lowest BCUT2D eigenvalue weighted by atomic mass is 9.87. The predicted octanol–water partition coefficient (Wildman–Crippen LogP) is 1.73. The van der Waals surface area contributed by atoms with Gasteiger partial charge < -0.3 is 19.3 Å². The molecule has 23 heavy (non-hydrogen) atoms. The van der Waals surface area contributed by atoms with E-state index in [2.05, 4.69) is 6.92 Å². The Labute approximate surface area is 133 Å². The minimum Gasteiger partial charge on any atom is -0.478 e. The summed E-state index contributed by atoms with van der Waals surface area (Å²) in [5.74, 6) is -1.37. The van der Waals surface area contributed by atoms with Gasteiger partial charge in [-0.05, 0) is 12.1 Å². The monoisotopic (exact) mass is 318 g/mol. The fourth-order valence-corrected chi connectivity index (χ4v) is 4.16. The summed E-state index contributed by atoms with van der Waals surface area (Å²) in [5, 5.41) is 9.21. The van der Waals surface area contributed by atoms with Crippen molar-refractivity contribution in [2.45, 2.75) is 44.4 Å². The van der Waals surface area contributed by atoms with E-state index in [0.29, 0.717) is 0 Å². The Morgan fingerprint density at radius 3 is 2.26 bits per heavy atom. The predicted molar refractivity (Wildman–Crippen MR) is 78.3 cm³/mol. The van der Waals surface area contributed by atoms with Gasteiger partial charge in [-0.25, -0.2) is 9.59 Å². The van der Waals surface area contributed by atoms with Crippen LogP contribution in [0.5, 0.6) is 0 Å². The molecule has 4 aliphatic heterocycles. The first-order valence-electron chi connectivity index (χ1n) is 7.83. The van der Waals surface area contributed by atoms with Crippen LogP contribution in [-0.4, -0.2) is 47.6 Å². The molecule has 1 aromatic rings. The summed E-state index contributed by atoms with van der Waals surface area (Å²) in [6.45, 7) is 4.13. The molecular weight excluding hydrogens is 300 g/mol. The van der Waals surface area contributed by atoms with Gasteiger partial charge in [-0.15, -0.1) is 0 Å². The van der Waals surface area contributed by atoms with Gasteiger partial charge in [0.15, 0.2) is 6.10 Å². The van der Waals surface area contributed by atoms with Crippen molar-refractivity contribution in [3.63, 3.8) is 0 Å². The molecule has 6 heteroatoms. The molecule has 0 radical (unpaired) electrons. The van der Waals surface area contributed by atoms with E-state index < -0.39 is 18.0 Å². The normalized spacial score (nSPS) is 40.3. The van der Waals surface area contributed by atoms with Gasteiger partial charge in [-0.1, -0.05) is 26.0 Å². The van der Waals surface area contributed by atoms with Crippen molar-refractivity contribution in [2.75, 3.05) is 0 Å². The summed E-state index contributed by atoms with van der Waals surface area (Å²) in [6, 6.07) is 6.05. The van der Waals surface area contributed by atoms with Crippen LogP contribution < -0.4 is 0 Å². The fraction of sp³-hybridized carbons (Fsp3) is 0.529. The lowest BCUT2D eigenvalue weighted by Gasteiger charge is -2.38. The van der Waals surface area contributed by atoms with E-state index in [1.165, 1.54) is 12.1 Å². The molecule has 6 nitrogen and oxygen atoms in total. The highest BCUT2D eigenvalue weighted by Crippen LogP contribution is 2.50. The molecule has 0 saturated carbocycles. The zero-order valence-electron chi connectivity index (χ0n) is 12.8. The number of carboxylic acids is 1. The van der Waals surface area contributed by atoms with Crippen molar-refractivity contribution in [3.8, 4) is 0 Å². The first kappa shape index (κ1) is 14.7. The van der Waals surface area contributed by atoms with Gasteiger partial charge >= 0.3 is 11.9 Å². The molecule has 4 aliphatic rings. The summed E-state index contributed by atoms with van der Waals surface area (Å²) in [6.07, 6.45) is -0.817. The van der Waals surface area contributed by atoms with E-state index in [-0.39, 0.29) is 47.4 Å². The number of ether oxygens (including phenoxy) is 3. The van der Waals surface area contributed by atoms with Gasteiger partial charge in [0.2, 0.25) is 0 Å². The van der Waals surface area contributed by atoms with Gasteiger partial charge in [0.05, 0.1) is 23.3 Å². The van der Waals surface area contributed by atoms with Crippen molar-refractivity contribution < 1.29 is 28.9 Å². The molecule has 1 N–H and O–H groups in total. The third-order valence-electron chi connectivity index (χ3n) is 5.29. The fourth-order valence-electron chi connectivity index (χ4n) is 4.16. The lowest BCUT2D eigenvalue weighted by molar-refractivity contribution is -0.152. The SMILES string of the molecule is C[C@H]1[C@H]2OC3[C@@H](OC(=O)c4ccccc4C(=O)O)C(O[C@@H]31)[C@@H]2C. The molecule has 1 aromatic carbocycles. The molecule has 4 heterocycles. The third kappa shape index (κ3) is 2.01. The van der Waals surface area contributed by atoms with Crippen molar-refractivity contribution in [2.24, 2.45) is 11.8 Å². The van der Waals surface area contributed by atoms with Crippen LogP contribution in [0.4, 0.5) is 0 Å². The Morgan fingerprint density at radius 2 is 1.57 bits per heavy atom. The summed E-state index contributed by atoms with van der Waals surface area (Å²) in [5.41, 5.74) is -0.00812. The summed E-state index contributed by atoms with van der Waals surface area (Å²) in [4.78, 5) is 23.7. The second-order valence-electron chi connectivity index (χ2n) is 6.57. The molecule has 122 valence electrons. The summed E-state index contributed by atoms with van der Waals surface area (Å²) < 4.78 is 17.6. The van der Waals surface area contributed by atoms with Gasteiger partial charge in [0.1, 0.15) is 12.2 Å². The van der Waals surface area contributed by atoms with E-state index >= 15 is 0 Å². The van der Waals surface area contributed by atoms with Crippen LogP contribution in [0, 0.1) is 11.8 Å². The molecule has 0 aromatic heterocycles. The van der Waals surface area contributed by atoms with Crippen molar-refractivity contribution in [1.82, 2.24) is 0 Å². The molecule has 0 amide bonds. The van der Waals surface area contributed by atoms with E-state index in [4.69, 9.17) is 14.2 Å². The molecule has 0 spiro atoms. The molecule has 5 rings (SSSR count). The zero-order chi connectivity index (χ0) is 16.3. The topological polar surface area (TPSA) is 82.1 Å². The van der Waals surface area contributed by atoms with E-state index in [1.54, 1.807) is 12.1 Å². The average Bonchev–Trinajstić information content (AvgIpc) is 2.96. The Morgan fingerprint density at radius 1 is 0.957 bits per heavy atom. The third-order valence-corrected chi connectivity index (χ3v) is 5.29. The van der Waals surface area contributed by atoms with Gasteiger partial charge in [0, 0.05) is 11.8 Å². The van der Waals surface area contributed by atoms with Crippen LogP contribution in [0.15, 0.2) is 24.3 Å². The molecule has 2 unspecified atom stereocenters. The van der Waals surface area contributed by atoms with Gasteiger partial charge in [-0.3, -0.25) is 0 Å². The molecule has 0 aliphatic carbocycles. The van der Waals surface area contributed by atoms with Crippen LogP contribution in [0.25, 0.3) is 0 Å². The second-order valence-corrected chi connectivity index (χ2v) is 6.57. The number of rotatable bonds is 3. The highest BCUT2D eigenvalue weighted by molar-refractivity contribution is 6.02. The number of carboxylic acid groups (broad SMARTS) is 1. The number of carbonyl (C=O) groups excluding carboxylic acids is 1. The van der Waals surface area contributed by atoms with E-state index in [1.807, 2.05) is 6.92 Å². The van der Waals surface area contributed by atoms with Crippen molar-refractivity contribution in [3.05, 3.63) is 35.4 Å². The Hall–Kier alpha value is -1.92. The first-order valence-corrected chi connectivity index (χ1v) is 7.83. The van der Waals surface area contributed by atoms with Crippen LogP contribution in [0.1, 0.15) is 34.6 Å². The number of esters is 1. The van der Waals surface area contributed by atoms with Crippen molar-refractivity contribution >= 4 is 11.9 Å². The average molecular weight is 318 g/mol. The van der Waals surface area contributed by atoms with Crippen LogP contribution in [0.3, 0.4) is 0 Å². The molecule has 4 fully saturated rings. The largest absolute Gasteiger partial charge is 0.478 e. The lowest BCUT2D eigenvalue weighted by Crippen LogP contribution is -2.49. The molecule has 4 saturated heterocycles. The summed E-state index contributed by atoms with van der Waals surface area (Å²) in [7, 11) is 0. The van der Waals surface area contributed by atoms with Crippen LogP contribution in [0.2, 0.25) is 0 Å². The molecule has 7 atom stereocenters. The quantitative estimate of drug-likeness (QED) is 0.855.